The van der Waals surface area contributed by atoms with Gasteiger partial charge in [0.15, 0.2) is 5.01 Å². The molecule has 0 unspecified atom stereocenters. The summed E-state index contributed by atoms with van der Waals surface area (Å²) in [5.41, 5.74) is 3.05. The Labute approximate surface area is 175 Å². The highest BCUT2D eigenvalue weighted by Gasteiger charge is 2.15. The highest BCUT2D eigenvalue weighted by Crippen LogP contribution is 2.29. The lowest BCUT2D eigenvalue weighted by Gasteiger charge is -2.17. The molecule has 0 fully saturated rings. The molecule has 3 aromatic rings. The summed E-state index contributed by atoms with van der Waals surface area (Å²) in [6, 6.07) is 10.8. The normalized spacial score (nSPS) is 13.1. The van der Waals surface area contributed by atoms with Crippen LogP contribution in [0.1, 0.15) is 26.5 Å². The summed E-state index contributed by atoms with van der Waals surface area (Å²) >= 11 is 13.3. The predicted octanol–water partition coefficient (Wildman–Crippen LogP) is 4.32. The summed E-state index contributed by atoms with van der Waals surface area (Å²) in [6.07, 6.45) is 0.919. The van der Waals surface area contributed by atoms with E-state index < -0.39 is 0 Å². The summed E-state index contributed by atoms with van der Waals surface area (Å²) in [6.45, 7) is 1.95. The van der Waals surface area contributed by atoms with Gasteiger partial charge in [0.25, 0.3) is 5.91 Å². The second-order valence-electron chi connectivity index (χ2n) is 6.23. The molecule has 2 N–H and O–H groups in total. The number of hydrogen-bond acceptors (Lipinski definition) is 6. The predicted molar refractivity (Wildman–Crippen MR) is 111 cm³/mol. The van der Waals surface area contributed by atoms with Gasteiger partial charge in [-0.05, 0) is 48.4 Å². The van der Waals surface area contributed by atoms with Gasteiger partial charge in [-0.3, -0.25) is 10.1 Å². The lowest BCUT2D eigenvalue weighted by Crippen LogP contribution is -2.24. The van der Waals surface area contributed by atoms with E-state index in [0.717, 1.165) is 19.5 Å². The highest BCUT2D eigenvalue weighted by molar-refractivity contribution is 7.15. The van der Waals surface area contributed by atoms with Gasteiger partial charge >= 0.3 is 0 Å². The van der Waals surface area contributed by atoms with Crippen LogP contribution in [0.2, 0.25) is 10.0 Å². The van der Waals surface area contributed by atoms with Gasteiger partial charge in [0, 0.05) is 23.2 Å². The number of rotatable bonds is 5. The van der Waals surface area contributed by atoms with Crippen molar-refractivity contribution in [3.05, 3.63) is 68.1 Å². The molecule has 0 atom stereocenters. The zero-order valence-corrected chi connectivity index (χ0v) is 17.0. The van der Waals surface area contributed by atoms with Crippen LogP contribution >= 0.6 is 34.5 Å². The number of amides is 1. The topological polar surface area (TPSA) is 76.1 Å². The molecule has 0 saturated heterocycles. The lowest BCUT2D eigenvalue weighted by atomic mass is 9.98. The monoisotopic (exact) mass is 434 g/mol. The van der Waals surface area contributed by atoms with E-state index in [9.17, 15) is 4.79 Å². The second-order valence-corrected chi connectivity index (χ2v) is 8.13. The van der Waals surface area contributed by atoms with Gasteiger partial charge < -0.3 is 10.1 Å². The molecule has 4 rings (SSSR count). The molecule has 144 valence electrons. The van der Waals surface area contributed by atoms with E-state index in [1.54, 1.807) is 18.2 Å². The summed E-state index contributed by atoms with van der Waals surface area (Å²) < 4.78 is 5.64. The molecule has 28 heavy (non-hydrogen) atoms. The van der Waals surface area contributed by atoms with Crippen LogP contribution in [0.3, 0.4) is 0 Å². The molecule has 6 nitrogen and oxygen atoms in total. The van der Waals surface area contributed by atoms with Gasteiger partial charge in [0.05, 0.1) is 5.02 Å². The fourth-order valence-corrected chi connectivity index (χ4v) is 3.86. The van der Waals surface area contributed by atoms with E-state index in [0.29, 0.717) is 31.5 Å². The third kappa shape index (κ3) is 4.44. The SMILES string of the molecule is O=C(Nc1nnc(COc2cc(Cl)ccc2Cl)s1)c1ccc2c(c1)CCNC2. The van der Waals surface area contributed by atoms with E-state index in [1.807, 2.05) is 18.2 Å². The first-order valence-electron chi connectivity index (χ1n) is 8.62. The Morgan fingerprint density at radius 2 is 2.07 bits per heavy atom. The number of nitrogens with zero attached hydrogens (tertiary/aromatic N) is 2. The number of benzene rings is 2. The first-order valence-corrected chi connectivity index (χ1v) is 10.2. The Hall–Kier alpha value is -2.19. The number of nitrogens with one attached hydrogen (secondary N) is 2. The number of anilines is 1. The van der Waals surface area contributed by atoms with Crippen LogP contribution in [0.15, 0.2) is 36.4 Å². The Balaban J connectivity index is 1.39. The average molecular weight is 435 g/mol. The minimum absolute atomic E-state index is 0.180. The van der Waals surface area contributed by atoms with Crippen molar-refractivity contribution in [2.24, 2.45) is 0 Å². The largest absolute Gasteiger partial charge is 0.485 e. The Kier molecular flexibility index (Phi) is 5.77. The zero-order valence-electron chi connectivity index (χ0n) is 14.7. The van der Waals surface area contributed by atoms with Gasteiger partial charge in [-0.2, -0.15) is 0 Å². The van der Waals surface area contributed by atoms with Crippen molar-refractivity contribution in [3.63, 3.8) is 0 Å². The molecule has 0 bridgehead atoms. The highest BCUT2D eigenvalue weighted by atomic mass is 35.5. The molecule has 0 aliphatic carbocycles. The summed E-state index contributed by atoms with van der Waals surface area (Å²) in [4.78, 5) is 12.5. The van der Waals surface area contributed by atoms with E-state index in [-0.39, 0.29) is 12.5 Å². The van der Waals surface area contributed by atoms with Crippen LogP contribution in [-0.4, -0.2) is 22.6 Å². The van der Waals surface area contributed by atoms with Crippen molar-refractivity contribution in [2.75, 3.05) is 11.9 Å². The molecule has 0 saturated carbocycles. The first kappa shape index (κ1) is 19.1. The van der Waals surface area contributed by atoms with E-state index in [1.165, 1.54) is 22.5 Å². The molecule has 2 aromatic carbocycles. The number of aromatic nitrogens is 2. The standard InChI is InChI=1S/C19H16Cl2N4O2S/c20-14-3-4-15(21)16(8-14)27-10-17-24-25-19(28-17)23-18(26)12-1-2-13-9-22-6-5-11(13)7-12/h1-4,7-8,22H,5-6,9-10H2,(H,23,25,26). The molecule has 9 heteroatoms. The van der Waals surface area contributed by atoms with Crippen LogP contribution in [-0.2, 0) is 19.6 Å². The molecule has 1 aliphatic heterocycles. The Morgan fingerprint density at radius 3 is 2.96 bits per heavy atom. The van der Waals surface area contributed by atoms with E-state index in [4.69, 9.17) is 27.9 Å². The summed E-state index contributed by atoms with van der Waals surface area (Å²) in [5.74, 6) is 0.265. The lowest BCUT2D eigenvalue weighted by molar-refractivity contribution is 0.102. The van der Waals surface area contributed by atoms with Gasteiger partial charge in [-0.25, -0.2) is 0 Å². The number of carbonyl (C=O) groups excluding carboxylic acids is 1. The van der Waals surface area contributed by atoms with Crippen molar-refractivity contribution < 1.29 is 9.53 Å². The summed E-state index contributed by atoms with van der Waals surface area (Å²) in [5, 5.41) is 16.2. The molecule has 1 aliphatic rings. The molecule has 0 radical (unpaired) electrons. The third-order valence-electron chi connectivity index (χ3n) is 4.29. The number of carbonyl (C=O) groups is 1. The van der Waals surface area contributed by atoms with Crippen LogP contribution < -0.4 is 15.4 Å². The van der Waals surface area contributed by atoms with Crippen LogP contribution in [0.25, 0.3) is 0 Å². The summed E-state index contributed by atoms with van der Waals surface area (Å²) in [7, 11) is 0. The van der Waals surface area contributed by atoms with Crippen molar-refractivity contribution in [1.29, 1.82) is 0 Å². The molecule has 2 heterocycles. The molecular weight excluding hydrogens is 419 g/mol. The minimum Gasteiger partial charge on any atom is -0.485 e. The third-order valence-corrected chi connectivity index (χ3v) is 5.65. The van der Waals surface area contributed by atoms with Crippen molar-refractivity contribution >= 4 is 45.6 Å². The Morgan fingerprint density at radius 1 is 1.18 bits per heavy atom. The van der Waals surface area contributed by atoms with Crippen molar-refractivity contribution in [3.8, 4) is 5.75 Å². The number of halogens is 2. The van der Waals surface area contributed by atoms with Gasteiger partial charge in [0.2, 0.25) is 5.13 Å². The van der Waals surface area contributed by atoms with Crippen LogP contribution in [0, 0.1) is 0 Å². The fraction of sp³-hybridized carbons (Fsp3) is 0.211. The first-order chi connectivity index (χ1) is 13.6. The van der Waals surface area contributed by atoms with Gasteiger partial charge in [-0.15, -0.1) is 10.2 Å². The molecule has 0 spiro atoms. The van der Waals surface area contributed by atoms with Crippen LogP contribution in [0.5, 0.6) is 5.75 Å². The maximum Gasteiger partial charge on any atom is 0.257 e. The molecular formula is C19H16Cl2N4O2S. The van der Waals surface area contributed by atoms with Crippen molar-refractivity contribution in [1.82, 2.24) is 15.5 Å². The number of hydrogen-bond donors (Lipinski definition) is 2. The van der Waals surface area contributed by atoms with Gasteiger partial charge in [0.1, 0.15) is 12.4 Å². The second kappa shape index (κ2) is 8.45. The van der Waals surface area contributed by atoms with E-state index >= 15 is 0 Å². The van der Waals surface area contributed by atoms with Gasteiger partial charge in [-0.1, -0.05) is 40.6 Å². The molecule has 1 amide bonds. The van der Waals surface area contributed by atoms with Crippen LogP contribution in [0.4, 0.5) is 5.13 Å². The van der Waals surface area contributed by atoms with E-state index in [2.05, 4.69) is 20.8 Å². The van der Waals surface area contributed by atoms with Crippen molar-refractivity contribution in [2.45, 2.75) is 19.6 Å². The molecule has 1 aromatic heterocycles. The quantitative estimate of drug-likeness (QED) is 0.624. The fourth-order valence-electron chi connectivity index (χ4n) is 2.88. The minimum atomic E-state index is -0.206. The average Bonchev–Trinajstić information content (AvgIpc) is 3.15. The Bertz CT molecular complexity index is 1020. The smallest absolute Gasteiger partial charge is 0.257 e. The zero-order chi connectivity index (χ0) is 19.5. The maximum atomic E-state index is 12.5. The number of fused-ring (bicyclic) bond motifs is 1. The number of ether oxygens (including phenoxy) is 1. The maximum absolute atomic E-state index is 12.5.